The molecular weight excluding hydrogens is 326 g/mol. The summed E-state index contributed by atoms with van der Waals surface area (Å²) in [5.74, 6) is 0.708. The van der Waals surface area contributed by atoms with E-state index in [4.69, 9.17) is 21.4 Å². The Bertz CT molecular complexity index is 544. The predicted molar refractivity (Wildman–Crippen MR) is 72.7 cm³/mol. The third-order valence-electron chi connectivity index (χ3n) is 2.19. The molecular formula is C11H9BrClNO2S. The van der Waals surface area contributed by atoms with Gasteiger partial charge < -0.3 is 9.84 Å². The number of benzene rings is 1. The first kappa shape index (κ1) is 12.8. The molecule has 1 aromatic carbocycles. The lowest BCUT2D eigenvalue weighted by atomic mass is 10.2. The average molecular weight is 335 g/mol. The molecule has 0 atom stereocenters. The van der Waals surface area contributed by atoms with E-state index in [0.29, 0.717) is 15.4 Å². The Labute approximate surface area is 116 Å². The minimum Gasteiger partial charge on any atom is -0.496 e. The number of ether oxygens (including phenoxy) is 1. The number of halogens is 2. The van der Waals surface area contributed by atoms with Gasteiger partial charge in [-0.15, -0.1) is 11.3 Å². The Balaban J connectivity index is 2.54. The smallest absolute Gasteiger partial charge is 0.129 e. The van der Waals surface area contributed by atoms with Crippen molar-refractivity contribution in [3.63, 3.8) is 0 Å². The van der Waals surface area contributed by atoms with Crippen LogP contribution in [0.15, 0.2) is 22.8 Å². The van der Waals surface area contributed by atoms with Gasteiger partial charge in [0.1, 0.15) is 15.4 Å². The van der Waals surface area contributed by atoms with Gasteiger partial charge in [-0.1, -0.05) is 11.6 Å². The number of rotatable bonds is 3. The number of aliphatic hydroxyl groups excluding tert-OH is 1. The molecule has 0 bridgehead atoms. The van der Waals surface area contributed by atoms with Gasteiger partial charge in [0.15, 0.2) is 0 Å². The molecule has 3 nitrogen and oxygen atoms in total. The summed E-state index contributed by atoms with van der Waals surface area (Å²) in [6.45, 7) is -0.0405. The molecule has 2 aromatic rings. The highest BCUT2D eigenvalue weighted by atomic mass is 79.9. The van der Waals surface area contributed by atoms with E-state index in [9.17, 15) is 0 Å². The first-order valence-corrected chi connectivity index (χ1v) is 6.74. The second kappa shape index (κ2) is 5.35. The van der Waals surface area contributed by atoms with Crippen LogP contribution in [0.2, 0.25) is 5.02 Å². The van der Waals surface area contributed by atoms with Crippen molar-refractivity contribution in [2.75, 3.05) is 7.11 Å². The second-order valence-electron chi connectivity index (χ2n) is 3.24. The Morgan fingerprint density at radius 3 is 2.88 bits per heavy atom. The number of aromatic nitrogens is 1. The molecule has 0 aliphatic rings. The van der Waals surface area contributed by atoms with Gasteiger partial charge in [0.25, 0.3) is 0 Å². The van der Waals surface area contributed by atoms with Gasteiger partial charge in [-0.05, 0) is 34.1 Å². The predicted octanol–water partition coefficient (Wildman–Crippen LogP) is 3.73. The van der Waals surface area contributed by atoms with Gasteiger partial charge in [-0.25, -0.2) is 4.98 Å². The van der Waals surface area contributed by atoms with Gasteiger partial charge in [0, 0.05) is 5.02 Å². The van der Waals surface area contributed by atoms with E-state index < -0.39 is 0 Å². The molecule has 0 aliphatic carbocycles. The average Bonchev–Trinajstić information content (AvgIpc) is 2.70. The zero-order valence-corrected chi connectivity index (χ0v) is 12.1. The van der Waals surface area contributed by atoms with Gasteiger partial charge in [0.2, 0.25) is 0 Å². The molecule has 0 amide bonds. The summed E-state index contributed by atoms with van der Waals surface area (Å²) in [7, 11) is 1.60. The first-order valence-electron chi connectivity index (χ1n) is 4.75. The van der Waals surface area contributed by atoms with E-state index in [1.165, 1.54) is 11.3 Å². The van der Waals surface area contributed by atoms with Crippen LogP contribution in [0.4, 0.5) is 0 Å². The zero-order chi connectivity index (χ0) is 12.4. The molecule has 6 heteroatoms. The summed E-state index contributed by atoms with van der Waals surface area (Å²) < 4.78 is 5.92. The van der Waals surface area contributed by atoms with Crippen LogP contribution < -0.4 is 4.74 Å². The van der Waals surface area contributed by atoms with Gasteiger partial charge >= 0.3 is 0 Å². The van der Waals surface area contributed by atoms with Crippen molar-refractivity contribution in [2.45, 2.75) is 6.61 Å². The van der Waals surface area contributed by atoms with Crippen molar-refractivity contribution < 1.29 is 9.84 Å². The SMILES string of the molecule is COc1ccc(Cl)cc1-c1nc(Br)c(CO)s1. The van der Waals surface area contributed by atoms with Crippen molar-refractivity contribution in [2.24, 2.45) is 0 Å². The van der Waals surface area contributed by atoms with Crippen LogP contribution in [0.5, 0.6) is 5.75 Å². The Kier molecular flexibility index (Phi) is 4.04. The molecule has 2 rings (SSSR count). The largest absolute Gasteiger partial charge is 0.496 e. The van der Waals surface area contributed by atoms with E-state index in [2.05, 4.69) is 20.9 Å². The fraction of sp³-hybridized carbons (Fsp3) is 0.182. The number of aliphatic hydroxyl groups is 1. The maximum Gasteiger partial charge on any atom is 0.129 e. The fourth-order valence-corrected chi connectivity index (χ4v) is 3.06. The second-order valence-corrected chi connectivity index (χ2v) is 5.51. The molecule has 90 valence electrons. The van der Waals surface area contributed by atoms with Crippen molar-refractivity contribution >= 4 is 38.9 Å². The highest BCUT2D eigenvalue weighted by Gasteiger charge is 2.14. The monoisotopic (exact) mass is 333 g/mol. The number of nitrogens with zero attached hydrogens (tertiary/aromatic N) is 1. The summed E-state index contributed by atoms with van der Waals surface area (Å²) in [6, 6.07) is 5.36. The lowest BCUT2D eigenvalue weighted by molar-refractivity contribution is 0.284. The van der Waals surface area contributed by atoms with Crippen LogP contribution in [0.25, 0.3) is 10.6 Å². The third kappa shape index (κ3) is 2.63. The molecule has 1 heterocycles. The number of methoxy groups -OCH3 is 1. The van der Waals surface area contributed by atoms with E-state index in [1.807, 2.05) is 0 Å². The van der Waals surface area contributed by atoms with Crippen molar-refractivity contribution in [1.29, 1.82) is 0 Å². The highest BCUT2D eigenvalue weighted by molar-refractivity contribution is 9.10. The standard InChI is InChI=1S/C11H9BrClNO2S/c1-16-8-3-2-6(13)4-7(8)11-14-10(12)9(5-15)17-11/h2-4,15H,5H2,1H3. The maximum absolute atomic E-state index is 9.14. The van der Waals surface area contributed by atoms with Crippen LogP contribution in [-0.4, -0.2) is 17.2 Å². The van der Waals surface area contributed by atoms with E-state index in [0.717, 1.165) is 15.4 Å². The van der Waals surface area contributed by atoms with Crippen LogP contribution in [0.3, 0.4) is 0 Å². The lowest BCUT2D eigenvalue weighted by Gasteiger charge is -2.05. The molecule has 1 N–H and O–H groups in total. The van der Waals surface area contributed by atoms with Gasteiger partial charge in [-0.2, -0.15) is 0 Å². The normalized spacial score (nSPS) is 10.6. The molecule has 0 fully saturated rings. The minimum atomic E-state index is -0.0405. The summed E-state index contributed by atoms with van der Waals surface area (Å²) in [6.07, 6.45) is 0. The Morgan fingerprint density at radius 1 is 1.53 bits per heavy atom. The number of thiazole rings is 1. The summed E-state index contributed by atoms with van der Waals surface area (Å²) in [5, 5.41) is 10.5. The lowest BCUT2D eigenvalue weighted by Crippen LogP contribution is -1.87. The molecule has 0 aliphatic heterocycles. The number of hydrogen-bond acceptors (Lipinski definition) is 4. The Hall–Kier alpha value is -0.620. The highest BCUT2D eigenvalue weighted by Crippen LogP contribution is 2.37. The Morgan fingerprint density at radius 2 is 2.29 bits per heavy atom. The quantitative estimate of drug-likeness (QED) is 0.930. The van der Waals surface area contributed by atoms with E-state index in [1.54, 1.807) is 25.3 Å². The summed E-state index contributed by atoms with van der Waals surface area (Å²) in [4.78, 5) is 5.12. The third-order valence-corrected chi connectivity index (χ3v) is 4.41. The summed E-state index contributed by atoms with van der Waals surface area (Å²) >= 11 is 10.7. The van der Waals surface area contributed by atoms with Crippen molar-refractivity contribution in [3.8, 4) is 16.3 Å². The van der Waals surface area contributed by atoms with Crippen LogP contribution in [-0.2, 0) is 6.61 Å². The zero-order valence-electron chi connectivity index (χ0n) is 8.91. The first-order chi connectivity index (χ1) is 8.15. The van der Waals surface area contributed by atoms with E-state index in [-0.39, 0.29) is 6.61 Å². The molecule has 0 saturated heterocycles. The van der Waals surface area contributed by atoms with Crippen LogP contribution in [0.1, 0.15) is 4.88 Å². The molecule has 17 heavy (non-hydrogen) atoms. The minimum absolute atomic E-state index is 0.0405. The topological polar surface area (TPSA) is 42.4 Å². The molecule has 1 aromatic heterocycles. The van der Waals surface area contributed by atoms with E-state index >= 15 is 0 Å². The molecule has 0 unspecified atom stereocenters. The van der Waals surface area contributed by atoms with Crippen molar-refractivity contribution in [3.05, 3.63) is 32.7 Å². The van der Waals surface area contributed by atoms with Crippen molar-refractivity contribution in [1.82, 2.24) is 4.98 Å². The summed E-state index contributed by atoms with van der Waals surface area (Å²) in [5.41, 5.74) is 0.824. The molecule has 0 spiro atoms. The van der Waals surface area contributed by atoms with Gasteiger partial charge in [-0.3, -0.25) is 0 Å². The van der Waals surface area contributed by atoms with Crippen LogP contribution in [0, 0.1) is 0 Å². The molecule has 0 radical (unpaired) electrons. The maximum atomic E-state index is 9.14. The van der Waals surface area contributed by atoms with Crippen LogP contribution >= 0.6 is 38.9 Å². The number of hydrogen-bond donors (Lipinski definition) is 1. The van der Waals surface area contributed by atoms with Gasteiger partial charge in [0.05, 0.1) is 24.2 Å². The fourth-order valence-electron chi connectivity index (χ4n) is 1.39. The molecule has 0 saturated carbocycles.